The molecule has 102 valence electrons. The maximum Gasteiger partial charge on any atom is 0.246 e. The SMILES string of the molecule is CCN1C(=O)CC(NCCC2CCCCO2)C1=O. The van der Waals surface area contributed by atoms with Crippen molar-refractivity contribution in [3.63, 3.8) is 0 Å². The molecule has 18 heavy (non-hydrogen) atoms. The number of hydrogen-bond acceptors (Lipinski definition) is 4. The zero-order chi connectivity index (χ0) is 13.0. The zero-order valence-corrected chi connectivity index (χ0v) is 11.0. The van der Waals surface area contributed by atoms with Crippen LogP contribution in [0, 0.1) is 0 Å². The first kappa shape index (κ1) is 13.5. The molecule has 2 fully saturated rings. The van der Waals surface area contributed by atoms with Gasteiger partial charge < -0.3 is 10.1 Å². The largest absolute Gasteiger partial charge is 0.378 e. The van der Waals surface area contributed by atoms with Gasteiger partial charge in [-0.3, -0.25) is 14.5 Å². The van der Waals surface area contributed by atoms with E-state index in [4.69, 9.17) is 4.74 Å². The monoisotopic (exact) mass is 254 g/mol. The normalized spacial score (nSPS) is 29.1. The van der Waals surface area contributed by atoms with E-state index in [2.05, 4.69) is 5.32 Å². The molecule has 0 spiro atoms. The predicted octanol–water partition coefficient (Wildman–Crippen LogP) is 0.683. The van der Waals surface area contributed by atoms with Crippen LogP contribution < -0.4 is 5.32 Å². The molecule has 2 amide bonds. The molecule has 0 aromatic rings. The number of nitrogens with one attached hydrogen (secondary N) is 1. The van der Waals surface area contributed by atoms with Crippen molar-refractivity contribution < 1.29 is 14.3 Å². The Morgan fingerprint density at radius 1 is 1.39 bits per heavy atom. The maximum atomic E-state index is 11.8. The van der Waals surface area contributed by atoms with E-state index in [-0.39, 0.29) is 17.9 Å². The summed E-state index contributed by atoms with van der Waals surface area (Å²) in [5.41, 5.74) is 0. The van der Waals surface area contributed by atoms with Crippen LogP contribution in [0.3, 0.4) is 0 Å². The van der Waals surface area contributed by atoms with Crippen LogP contribution in [0.4, 0.5) is 0 Å². The number of nitrogens with zero attached hydrogens (tertiary/aromatic N) is 1. The first-order valence-electron chi connectivity index (χ1n) is 6.91. The number of carbonyl (C=O) groups excluding carboxylic acids is 2. The first-order valence-corrected chi connectivity index (χ1v) is 6.91. The molecule has 2 aliphatic rings. The Morgan fingerprint density at radius 2 is 2.22 bits per heavy atom. The lowest BCUT2D eigenvalue weighted by molar-refractivity contribution is -0.138. The van der Waals surface area contributed by atoms with Crippen LogP contribution in [0.5, 0.6) is 0 Å². The highest BCUT2D eigenvalue weighted by atomic mass is 16.5. The van der Waals surface area contributed by atoms with Crippen LogP contribution >= 0.6 is 0 Å². The second kappa shape index (κ2) is 6.29. The third kappa shape index (κ3) is 3.09. The summed E-state index contributed by atoms with van der Waals surface area (Å²) >= 11 is 0. The third-order valence-corrected chi connectivity index (χ3v) is 3.69. The Morgan fingerprint density at radius 3 is 2.83 bits per heavy atom. The molecule has 0 aromatic carbocycles. The lowest BCUT2D eigenvalue weighted by Crippen LogP contribution is -2.40. The van der Waals surface area contributed by atoms with Gasteiger partial charge in [-0.15, -0.1) is 0 Å². The van der Waals surface area contributed by atoms with Gasteiger partial charge in [0.2, 0.25) is 11.8 Å². The molecule has 2 rings (SSSR count). The highest BCUT2D eigenvalue weighted by Crippen LogP contribution is 2.16. The summed E-state index contributed by atoms with van der Waals surface area (Å²) in [6, 6.07) is -0.318. The van der Waals surface area contributed by atoms with Crippen LogP contribution in [0.1, 0.15) is 39.0 Å². The Hall–Kier alpha value is -0.940. The van der Waals surface area contributed by atoms with Crippen LogP contribution in [0.25, 0.3) is 0 Å². The second-order valence-electron chi connectivity index (χ2n) is 4.96. The van der Waals surface area contributed by atoms with Gasteiger partial charge in [0.15, 0.2) is 0 Å². The molecule has 0 aromatic heterocycles. The molecule has 0 aliphatic carbocycles. The number of likely N-dealkylation sites (N-methyl/N-ethyl adjacent to an activating group) is 1. The van der Waals surface area contributed by atoms with Gasteiger partial charge in [0.05, 0.1) is 18.6 Å². The summed E-state index contributed by atoms with van der Waals surface area (Å²) < 4.78 is 5.63. The van der Waals surface area contributed by atoms with E-state index in [1.54, 1.807) is 0 Å². The van der Waals surface area contributed by atoms with Gasteiger partial charge in [0.1, 0.15) is 0 Å². The average Bonchev–Trinajstić information content (AvgIpc) is 2.65. The number of imide groups is 1. The summed E-state index contributed by atoms with van der Waals surface area (Å²) in [7, 11) is 0. The number of likely N-dealkylation sites (tertiary alicyclic amines) is 1. The molecule has 2 saturated heterocycles. The molecular weight excluding hydrogens is 232 g/mol. The van der Waals surface area contributed by atoms with Gasteiger partial charge >= 0.3 is 0 Å². The Balaban J connectivity index is 1.70. The summed E-state index contributed by atoms with van der Waals surface area (Å²) in [6.07, 6.45) is 5.05. The number of amides is 2. The summed E-state index contributed by atoms with van der Waals surface area (Å²) in [5.74, 6) is -0.138. The highest BCUT2D eigenvalue weighted by molar-refractivity contribution is 6.05. The number of carbonyl (C=O) groups is 2. The fourth-order valence-electron chi connectivity index (χ4n) is 2.63. The number of rotatable bonds is 5. The van der Waals surface area contributed by atoms with Crippen LogP contribution in [-0.4, -0.2) is 48.6 Å². The quantitative estimate of drug-likeness (QED) is 0.733. The van der Waals surface area contributed by atoms with Crippen molar-refractivity contribution in [2.24, 2.45) is 0 Å². The van der Waals surface area contributed by atoms with Crippen LogP contribution in [0.2, 0.25) is 0 Å². The van der Waals surface area contributed by atoms with Gasteiger partial charge in [0, 0.05) is 13.2 Å². The van der Waals surface area contributed by atoms with E-state index in [1.807, 2.05) is 6.92 Å². The minimum absolute atomic E-state index is 0.0612. The molecule has 0 bridgehead atoms. The first-order chi connectivity index (χ1) is 8.72. The fourth-order valence-corrected chi connectivity index (χ4v) is 2.63. The van der Waals surface area contributed by atoms with Gasteiger partial charge in [-0.05, 0) is 39.2 Å². The standard InChI is InChI=1S/C13H22N2O3/c1-2-15-12(16)9-11(13(15)17)14-7-6-10-5-3-4-8-18-10/h10-11,14H,2-9H2,1H3. The van der Waals surface area contributed by atoms with E-state index in [1.165, 1.54) is 11.3 Å². The topological polar surface area (TPSA) is 58.6 Å². The molecule has 2 aliphatic heterocycles. The van der Waals surface area contributed by atoms with Gasteiger partial charge in [-0.1, -0.05) is 0 Å². The molecule has 5 heteroatoms. The number of hydrogen-bond donors (Lipinski definition) is 1. The lowest BCUT2D eigenvalue weighted by atomic mass is 10.1. The number of ether oxygens (including phenoxy) is 1. The minimum atomic E-state index is -0.318. The Bertz CT molecular complexity index is 313. The van der Waals surface area contributed by atoms with Gasteiger partial charge in [-0.2, -0.15) is 0 Å². The van der Waals surface area contributed by atoms with Crippen molar-refractivity contribution in [3.8, 4) is 0 Å². The van der Waals surface area contributed by atoms with E-state index in [0.29, 0.717) is 19.1 Å². The van der Waals surface area contributed by atoms with Crippen molar-refractivity contribution in [1.82, 2.24) is 10.2 Å². The average molecular weight is 254 g/mol. The summed E-state index contributed by atoms with van der Waals surface area (Å²) in [6.45, 7) is 3.90. The van der Waals surface area contributed by atoms with Crippen LogP contribution in [-0.2, 0) is 14.3 Å². The van der Waals surface area contributed by atoms with Crippen molar-refractivity contribution in [3.05, 3.63) is 0 Å². The van der Waals surface area contributed by atoms with Crippen molar-refractivity contribution in [2.75, 3.05) is 19.7 Å². The third-order valence-electron chi connectivity index (χ3n) is 3.69. The van der Waals surface area contributed by atoms with Gasteiger partial charge in [-0.25, -0.2) is 0 Å². The van der Waals surface area contributed by atoms with Crippen molar-refractivity contribution >= 4 is 11.8 Å². The minimum Gasteiger partial charge on any atom is -0.378 e. The van der Waals surface area contributed by atoms with E-state index < -0.39 is 0 Å². The molecule has 2 atom stereocenters. The Kier molecular flexibility index (Phi) is 4.72. The molecule has 1 N–H and O–H groups in total. The van der Waals surface area contributed by atoms with E-state index in [0.717, 1.165) is 32.4 Å². The van der Waals surface area contributed by atoms with Crippen molar-refractivity contribution in [2.45, 2.75) is 51.2 Å². The second-order valence-corrected chi connectivity index (χ2v) is 4.96. The molecular formula is C13H22N2O3. The fraction of sp³-hybridized carbons (Fsp3) is 0.846. The van der Waals surface area contributed by atoms with E-state index >= 15 is 0 Å². The lowest BCUT2D eigenvalue weighted by Gasteiger charge is -2.23. The van der Waals surface area contributed by atoms with Crippen LogP contribution in [0.15, 0.2) is 0 Å². The molecule has 2 heterocycles. The molecule has 0 radical (unpaired) electrons. The maximum absolute atomic E-state index is 11.8. The predicted molar refractivity (Wildman–Crippen MR) is 67.0 cm³/mol. The van der Waals surface area contributed by atoms with E-state index in [9.17, 15) is 9.59 Å². The molecule has 2 unspecified atom stereocenters. The van der Waals surface area contributed by atoms with Gasteiger partial charge in [0.25, 0.3) is 0 Å². The smallest absolute Gasteiger partial charge is 0.246 e. The zero-order valence-electron chi connectivity index (χ0n) is 11.0. The van der Waals surface area contributed by atoms with Crippen molar-refractivity contribution in [1.29, 1.82) is 0 Å². The summed E-state index contributed by atoms with van der Waals surface area (Å²) in [5, 5.41) is 3.18. The highest BCUT2D eigenvalue weighted by Gasteiger charge is 2.36. The Labute approximate surface area is 108 Å². The molecule has 5 nitrogen and oxygen atoms in total. The summed E-state index contributed by atoms with van der Waals surface area (Å²) in [4.78, 5) is 24.7. The molecule has 0 saturated carbocycles.